The fourth-order valence-corrected chi connectivity index (χ4v) is 16.2. The minimum atomic E-state index is -3.24. The van der Waals surface area contributed by atoms with Gasteiger partial charge < -0.3 is 9.13 Å². The molecular weight excluding hydrogens is 470 g/mol. The van der Waals surface area contributed by atoms with Crippen LogP contribution in [-0.4, -0.2) is 8.07 Å². The van der Waals surface area contributed by atoms with Crippen LogP contribution in [0.25, 0.3) is 0 Å². The zero-order valence-corrected chi connectivity index (χ0v) is 22.6. The zero-order chi connectivity index (χ0) is 24.2. The van der Waals surface area contributed by atoms with Crippen molar-refractivity contribution in [2.75, 3.05) is 0 Å². The Bertz CT molecular complexity index is 1270. The van der Waals surface area contributed by atoms with Gasteiger partial charge in [0.15, 0.2) is 14.3 Å². The fourth-order valence-electron chi connectivity index (χ4n) is 4.22. The Morgan fingerprint density at radius 1 is 0.529 bits per heavy atom. The highest BCUT2D eigenvalue weighted by Gasteiger charge is 2.41. The molecule has 0 fully saturated rings. The van der Waals surface area contributed by atoms with Crippen molar-refractivity contribution in [3.63, 3.8) is 0 Å². The van der Waals surface area contributed by atoms with Gasteiger partial charge in [-0.3, -0.25) is 0 Å². The molecule has 0 aliphatic rings. The summed E-state index contributed by atoms with van der Waals surface area (Å²) in [6.07, 6.45) is 0. The van der Waals surface area contributed by atoms with Crippen molar-refractivity contribution in [3.8, 4) is 0 Å². The Morgan fingerprint density at radius 2 is 0.824 bits per heavy atom. The largest absolute Gasteiger partial charge is 0.309 e. The van der Waals surface area contributed by atoms with Crippen LogP contribution in [0, 0.1) is 0 Å². The molecule has 0 aliphatic heterocycles. The Labute approximate surface area is 204 Å². The monoisotopic (exact) mass is 500 g/mol. The summed E-state index contributed by atoms with van der Waals surface area (Å²) < 4.78 is 30.4. The van der Waals surface area contributed by atoms with Gasteiger partial charge in [-0.25, -0.2) is 0 Å². The van der Waals surface area contributed by atoms with Crippen molar-refractivity contribution in [2.24, 2.45) is 0 Å². The molecule has 0 heterocycles. The second kappa shape index (κ2) is 9.88. The lowest BCUT2D eigenvalue weighted by Crippen LogP contribution is -2.31. The van der Waals surface area contributed by atoms with E-state index in [1.807, 2.05) is 127 Å². The number of benzene rings is 4. The third kappa shape index (κ3) is 4.75. The van der Waals surface area contributed by atoms with Crippen molar-refractivity contribution < 1.29 is 9.13 Å². The van der Waals surface area contributed by atoms with Crippen molar-refractivity contribution in [2.45, 2.75) is 19.6 Å². The fraction of sp³-hybridized carbons (Fsp3) is 0.103. The normalized spacial score (nSPS) is 13.0. The Balaban J connectivity index is 2.10. The van der Waals surface area contributed by atoms with E-state index in [0.717, 1.165) is 26.2 Å². The molecule has 0 N–H and O–H groups in total. The molecule has 5 heteroatoms. The van der Waals surface area contributed by atoms with Crippen LogP contribution in [0.15, 0.2) is 132 Å². The minimum Gasteiger partial charge on any atom is -0.309 e. The molecule has 0 saturated carbocycles. The molecule has 4 rings (SSSR count). The van der Waals surface area contributed by atoms with E-state index >= 15 is 9.13 Å². The summed E-state index contributed by atoms with van der Waals surface area (Å²) in [6, 6.07) is 38.6. The second-order valence-corrected chi connectivity index (χ2v) is 20.2. The Morgan fingerprint density at radius 3 is 1.12 bits per heavy atom. The van der Waals surface area contributed by atoms with Crippen LogP contribution in [0.3, 0.4) is 0 Å². The van der Waals surface area contributed by atoms with Crippen LogP contribution in [0.2, 0.25) is 19.6 Å². The van der Waals surface area contributed by atoms with Crippen LogP contribution in [-0.2, 0) is 9.13 Å². The SMILES string of the molecule is C[Si](C)(C)/C(=C\P(=O)(c1ccccc1)c1ccccc1)P(=O)(c1ccccc1)c1ccccc1. The van der Waals surface area contributed by atoms with Crippen molar-refractivity contribution in [1.29, 1.82) is 0 Å². The van der Waals surface area contributed by atoms with E-state index in [2.05, 4.69) is 19.6 Å². The van der Waals surface area contributed by atoms with Crippen molar-refractivity contribution in [3.05, 3.63) is 132 Å². The summed E-state index contributed by atoms with van der Waals surface area (Å²) in [4.78, 5) is 0.841. The molecule has 2 nitrogen and oxygen atoms in total. The van der Waals surface area contributed by atoms with Gasteiger partial charge in [0.1, 0.15) is 0 Å². The summed E-state index contributed by atoms with van der Waals surface area (Å²) in [6.45, 7) is 6.58. The molecule has 172 valence electrons. The van der Waals surface area contributed by atoms with Crippen molar-refractivity contribution in [1.82, 2.24) is 0 Å². The van der Waals surface area contributed by atoms with Gasteiger partial charge in [0.2, 0.25) is 0 Å². The molecule has 0 unspecified atom stereocenters. The smallest absolute Gasteiger partial charge is 0.164 e. The van der Waals surface area contributed by atoms with Gasteiger partial charge in [0.25, 0.3) is 0 Å². The maximum absolute atomic E-state index is 15.3. The molecule has 0 spiro atoms. The first-order valence-corrected chi connectivity index (χ1v) is 18.4. The van der Waals surface area contributed by atoms with Gasteiger partial charge in [-0.2, -0.15) is 0 Å². The van der Waals surface area contributed by atoms with Crippen LogP contribution >= 0.6 is 14.3 Å². The molecule has 0 saturated heterocycles. The molecule has 4 aromatic carbocycles. The van der Waals surface area contributed by atoms with E-state index in [4.69, 9.17) is 0 Å². The molecule has 0 bridgehead atoms. The quantitative estimate of drug-likeness (QED) is 0.208. The van der Waals surface area contributed by atoms with Crippen LogP contribution in [0.1, 0.15) is 0 Å². The molecule has 0 aliphatic carbocycles. The first kappa shape index (κ1) is 24.4. The highest BCUT2D eigenvalue weighted by atomic mass is 31.2. The number of rotatable bonds is 7. The van der Waals surface area contributed by atoms with Gasteiger partial charge in [0, 0.05) is 21.2 Å². The van der Waals surface area contributed by atoms with Gasteiger partial charge in [-0.1, -0.05) is 141 Å². The van der Waals surface area contributed by atoms with Crippen LogP contribution in [0.5, 0.6) is 0 Å². The van der Waals surface area contributed by atoms with E-state index in [1.165, 1.54) is 0 Å². The molecule has 0 radical (unpaired) electrons. The molecule has 0 aromatic heterocycles. The standard InChI is InChI=1S/C29H30O2P2Si/c1-34(2,3)29(33(31,27-20-12-6-13-21-27)28-22-14-7-15-23-28)24-32(30,25-16-8-4-9-17-25)26-18-10-5-11-19-26/h4-24H,1-3H3/b29-24-. The van der Waals surface area contributed by atoms with Crippen LogP contribution in [0.4, 0.5) is 0 Å². The second-order valence-electron chi connectivity index (χ2n) is 9.37. The lowest BCUT2D eigenvalue weighted by atomic mass is 10.4. The number of hydrogen-bond acceptors (Lipinski definition) is 2. The summed E-state index contributed by atoms with van der Waals surface area (Å²) in [5.74, 6) is 1.91. The Hall–Kier alpha value is -2.70. The van der Waals surface area contributed by atoms with Crippen LogP contribution < -0.4 is 21.2 Å². The lowest BCUT2D eigenvalue weighted by molar-refractivity contribution is 0.589. The van der Waals surface area contributed by atoms with Gasteiger partial charge in [0.05, 0.1) is 8.07 Å². The average molecular weight is 501 g/mol. The summed E-state index contributed by atoms with van der Waals surface area (Å²) >= 11 is 0. The summed E-state index contributed by atoms with van der Waals surface area (Å²) in [7, 11) is -8.69. The number of hydrogen-bond donors (Lipinski definition) is 0. The molecule has 0 atom stereocenters. The molecule has 0 amide bonds. The Kier molecular flexibility index (Phi) is 7.10. The predicted molar refractivity (Wildman–Crippen MR) is 151 cm³/mol. The third-order valence-electron chi connectivity index (χ3n) is 5.93. The summed E-state index contributed by atoms with van der Waals surface area (Å²) in [5.41, 5.74) is 0. The van der Waals surface area contributed by atoms with Gasteiger partial charge in [-0.15, -0.1) is 0 Å². The average Bonchev–Trinajstić information content (AvgIpc) is 2.88. The van der Waals surface area contributed by atoms with E-state index in [0.29, 0.717) is 0 Å². The maximum Gasteiger partial charge on any atom is 0.164 e. The van der Waals surface area contributed by atoms with E-state index in [9.17, 15) is 0 Å². The minimum absolute atomic E-state index is 0.754. The molecular formula is C29H30O2P2Si. The van der Waals surface area contributed by atoms with Crippen molar-refractivity contribution >= 4 is 43.6 Å². The highest BCUT2D eigenvalue weighted by Crippen LogP contribution is 2.60. The van der Waals surface area contributed by atoms with Gasteiger partial charge in [-0.05, 0) is 10.8 Å². The first-order valence-electron chi connectivity index (χ1n) is 11.4. The zero-order valence-electron chi connectivity index (χ0n) is 19.8. The van der Waals surface area contributed by atoms with Gasteiger partial charge >= 0.3 is 0 Å². The molecule has 34 heavy (non-hydrogen) atoms. The predicted octanol–water partition coefficient (Wildman–Crippen LogP) is 6.73. The summed E-state index contributed by atoms with van der Waals surface area (Å²) in [5, 5.41) is 3.07. The first-order chi connectivity index (χ1) is 16.3. The topological polar surface area (TPSA) is 34.1 Å². The van der Waals surface area contributed by atoms with E-state index in [1.54, 1.807) is 0 Å². The maximum atomic E-state index is 15.3. The van der Waals surface area contributed by atoms with E-state index in [-0.39, 0.29) is 0 Å². The highest BCUT2D eigenvalue weighted by molar-refractivity contribution is 7.87. The lowest BCUT2D eigenvalue weighted by Gasteiger charge is -2.32. The third-order valence-corrected chi connectivity index (χ3v) is 16.6. The van der Waals surface area contributed by atoms with E-state index < -0.39 is 22.4 Å². The molecule has 4 aromatic rings.